The zero-order valence-electron chi connectivity index (χ0n) is 32.8. The van der Waals surface area contributed by atoms with Gasteiger partial charge in [-0.1, -0.05) is 104 Å². The molecule has 4 fully saturated rings. The predicted molar refractivity (Wildman–Crippen MR) is 218 cm³/mol. The smallest absolute Gasteiger partial charge is 0.0473 e. The second-order valence-corrected chi connectivity index (χ2v) is 22.3. The Kier molecular flexibility index (Phi) is 6.25. The van der Waals surface area contributed by atoms with Gasteiger partial charge in [0.05, 0.1) is 0 Å². The molecule has 52 heavy (non-hydrogen) atoms. The van der Waals surface area contributed by atoms with Crippen LogP contribution in [0.25, 0.3) is 0 Å². The van der Waals surface area contributed by atoms with Crippen LogP contribution >= 0.6 is 11.8 Å². The highest BCUT2D eigenvalue weighted by molar-refractivity contribution is 7.99. The Morgan fingerprint density at radius 3 is 1.60 bits per heavy atom. The van der Waals surface area contributed by atoms with E-state index >= 15 is 0 Å². The average molecular weight is 704 g/mol. The van der Waals surface area contributed by atoms with Crippen molar-refractivity contribution >= 4 is 28.8 Å². The Morgan fingerprint density at radius 2 is 1.00 bits per heavy atom. The van der Waals surface area contributed by atoms with Gasteiger partial charge in [0.2, 0.25) is 0 Å². The van der Waals surface area contributed by atoms with Gasteiger partial charge in [0, 0.05) is 32.3 Å². The fourth-order valence-electron chi connectivity index (χ4n) is 14.1. The molecule has 6 aliphatic carbocycles. The summed E-state index contributed by atoms with van der Waals surface area (Å²) >= 11 is 2.05. The van der Waals surface area contributed by atoms with Crippen LogP contribution in [0.4, 0.5) is 17.1 Å². The van der Waals surface area contributed by atoms with Crippen molar-refractivity contribution in [1.29, 1.82) is 0 Å². The number of fused-ring (bicyclic) bond motifs is 9. The molecular weight excluding hydrogens is 647 g/mol. The van der Waals surface area contributed by atoms with Crippen LogP contribution in [0.3, 0.4) is 0 Å². The van der Waals surface area contributed by atoms with Crippen molar-refractivity contribution in [2.75, 3.05) is 4.90 Å². The molecule has 2 spiro atoms. The lowest BCUT2D eigenvalue weighted by molar-refractivity contribution is -0.235. The molecule has 0 radical (unpaired) electrons. The van der Waals surface area contributed by atoms with Crippen molar-refractivity contribution in [1.82, 2.24) is 0 Å². The number of anilines is 3. The highest BCUT2D eigenvalue weighted by Gasteiger charge is 2.84. The molecule has 6 atom stereocenters. The molecule has 4 saturated carbocycles. The fourth-order valence-corrected chi connectivity index (χ4v) is 15.3. The van der Waals surface area contributed by atoms with E-state index in [9.17, 15) is 0 Å². The second-order valence-electron chi connectivity index (χ2n) is 21.2. The summed E-state index contributed by atoms with van der Waals surface area (Å²) in [5.74, 6) is 3.62. The standard InChI is InChI=1S/C50H57NS/c1-45(2)19-21-47(5,6)39-26-32(13-16-35(39)45)51(33-14-17-36-40(27-33)48(7,8)22-20-46(36,3)4)34-15-18-38-42(28-34)52-41-12-10-9-11-37(41)50(38)43-24-30-23-31-25-44(50)49(31,43)29-30/h9-18,26-28,30-31,43-44H,19-25,29H2,1-8H3. The minimum atomic E-state index is 0.150. The first kappa shape index (κ1) is 32.5. The molecule has 0 amide bonds. The van der Waals surface area contributed by atoms with Crippen molar-refractivity contribution in [2.45, 2.75) is 144 Å². The summed E-state index contributed by atoms with van der Waals surface area (Å²) in [6, 6.07) is 32.3. The topological polar surface area (TPSA) is 3.24 Å². The summed E-state index contributed by atoms with van der Waals surface area (Å²) in [4.78, 5) is 5.64. The third kappa shape index (κ3) is 3.89. The summed E-state index contributed by atoms with van der Waals surface area (Å²) in [6.07, 6.45) is 10.8. The maximum Gasteiger partial charge on any atom is 0.0473 e. The Hall–Kier alpha value is -2.97. The molecule has 7 aliphatic rings. The number of hydrogen-bond acceptors (Lipinski definition) is 2. The summed E-state index contributed by atoms with van der Waals surface area (Å²) in [5, 5.41) is 0. The first-order valence-corrected chi connectivity index (χ1v) is 21.5. The maximum absolute atomic E-state index is 2.63. The number of nitrogens with zero attached hydrogens (tertiary/aromatic N) is 1. The van der Waals surface area contributed by atoms with Crippen LogP contribution in [0.1, 0.15) is 140 Å². The molecule has 1 aliphatic heterocycles. The zero-order valence-corrected chi connectivity index (χ0v) is 33.6. The minimum Gasteiger partial charge on any atom is -0.310 e. The van der Waals surface area contributed by atoms with E-state index in [1.54, 1.807) is 11.1 Å². The van der Waals surface area contributed by atoms with Gasteiger partial charge in [0.1, 0.15) is 0 Å². The van der Waals surface area contributed by atoms with Crippen LogP contribution in [0.15, 0.2) is 88.7 Å². The van der Waals surface area contributed by atoms with Crippen LogP contribution < -0.4 is 4.90 Å². The van der Waals surface area contributed by atoms with Crippen LogP contribution in [0.2, 0.25) is 0 Å². The van der Waals surface area contributed by atoms with Crippen molar-refractivity contribution in [3.05, 3.63) is 112 Å². The maximum atomic E-state index is 2.63. The van der Waals surface area contributed by atoms with Crippen molar-refractivity contribution in [2.24, 2.45) is 29.1 Å². The number of hydrogen-bond donors (Lipinski definition) is 0. The van der Waals surface area contributed by atoms with Crippen molar-refractivity contribution in [3.63, 3.8) is 0 Å². The highest BCUT2D eigenvalue weighted by Crippen LogP contribution is 2.89. The summed E-state index contributed by atoms with van der Waals surface area (Å²) < 4.78 is 0. The van der Waals surface area contributed by atoms with Gasteiger partial charge in [-0.25, -0.2) is 0 Å². The highest BCUT2D eigenvalue weighted by atomic mass is 32.2. The number of benzene rings is 4. The van der Waals surface area contributed by atoms with Crippen LogP contribution in [-0.4, -0.2) is 0 Å². The van der Waals surface area contributed by atoms with Gasteiger partial charge in [-0.2, -0.15) is 0 Å². The Balaban J connectivity index is 1.11. The Bertz CT molecular complexity index is 2120. The normalized spacial score (nSPS) is 33.8. The fraction of sp³-hybridized carbons (Fsp3) is 0.520. The average Bonchev–Trinajstić information content (AvgIpc) is 3.64. The van der Waals surface area contributed by atoms with Gasteiger partial charge in [-0.3, -0.25) is 0 Å². The van der Waals surface area contributed by atoms with E-state index in [4.69, 9.17) is 0 Å². The molecule has 1 nitrogen and oxygen atoms in total. The molecule has 0 saturated heterocycles. The molecule has 268 valence electrons. The van der Waals surface area contributed by atoms with Gasteiger partial charge < -0.3 is 4.90 Å². The third-order valence-electron chi connectivity index (χ3n) is 16.9. The lowest BCUT2D eigenvalue weighted by atomic mass is 9.26. The minimum absolute atomic E-state index is 0.150. The van der Waals surface area contributed by atoms with Crippen molar-refractivity contribution in [3.8, 4) is 0 Å². The lowest BCUT2D eigenvalue weighted by Crippen LogP contribution is -2.74. The Labute approximate surface area is 317 Å². The van der Waals surface area contributed by atoms with Gasteiger partial charge in [0.25, 0.3) is 0 Å². The largest absolute Gasteiger partial charge is 0.310 e. The second kappa shape index (κ2) is 10.0. The SMILES string of the molecule is CC1(C)CCC(C)(C)c2cc(N(c3ccc4c(c3)Sc3ccccc3C43C4CC5CC6CC3C64C5)c3ccc4c(c3)C(C)(C)CCC4(C)C)ccc21. The van der Waals surface area contributed by atoms with Crippen LogP contribution in [-0.2, 0) is 27.1 Å². The zero-order chi connectivity index (χ0) is 35.8. The molecular formula is C50H57NS. The first-order chi connectivity index (χ1) is 24.7. The van der Waals surface area contributed by atoms with Gasteiger partial charge in [-0.15, -0.1) is 0 Å². The summed E-state index contributed by atoms with van der Waals surface area (Å²) in [6.45, 7) is 19.7. The molecule has 1 heterocycles. The van der Waals surface area contributed by atoms with Gasteiger partial charge in [0.15, 0.2) is 0 Å². The van der Waals surface area contributed by atoms with E-state index in [2.05, 4.69) is 139 Å². The number of rotatable bonds is 3. The molecule has 11 rings (SSSR count). The van der Waals surface area contributed by atoms with Gasteiger partial charge in [-0.05, 0) is 178 Å². The summed E-state index contributed by atoms with van der Waals surface area (Å²) in [5.41, 5.74) is 14.9. The van der Waals surface area contributed by atoms with E-state index < -0.39 is 0 Å². The molecule has 6 unspecified atom stereocenters. The lowest BCUT2D eigenvalue weighted by Gasteiger charge is -2.78. The monoisotopic (exact) mass is 703 g/mol. The first-order valence-electron chi connectivity index (χ1n) is 20.7. The van der Waals surface area contributed by atoms with Gasteiger partial charge >= 0.3 is 0 Å². The van der Waals surface area contributed by atoms with Crippen LogP contribution in [0, 0.1) is 29.1 Å². The van der Waals surface area contributed by atoms with E-state index in [-0.39, 0.29) is 27.1 Å². The van der Waals surface area contributed by atoms with E-state index in [0.717, 1.165) is 23.7 Å². The Morgan fingerprint density at radius 1 is 0.500 bits per heavy atom. The third-order valence-corrected chi connectivity index (χ3v) is 18.1. The predicted octanol–water partition coefficient (Wildman–Crippen LogP) is 13.7. The molecule has 2 heteroatoms. The quantitative estimate of drug-likeness (QED) is 0.209. The van der Waals surface area contributed by atoms with Crippen LogP contribution in [0.5, 0.6) is 0 Å². The molecule has 4 aromatic rings. The van der Waals surface area contributed by atoms with Crippen molar-refractivity contribution < 1.29 is 0 Å². The van der Waals surface area contributed by atoms with E-state index in [1.165, 1.54) is 100 Å². The van der Waals surface area contributed by atoms with E-state index in [0.29, 0.717) is 5.41 Å². The molecule has 0 N–H and O–H groups in total. The molecule has 4 aromatic carbocycles. The van der Waals surface area contributed by atoms with E-state index in [1.807, 2.05) is 11.8 Å². The summed E-state index contributed by atoms with van der Waals surface area (Å²) in [7, 11) is 0. The molecule has 0 aromatic heterocycles. The molecule has 2 bridgehead atoms.